The Morgan fingerprint density at radius 3 is 3.00 bits per heavy atom. The minimum Gasteiger partial charge on any atom is -0.368 e. The fourth-order valence-electron chi connectivity index (χ4n) is 2.16. The molecule has 1 aliphatic rings. The van der Waals surface area contributed by atoms with Gasteiger partial charge in [0.2, 0.25) is 0 Å². The minimum atomic E-state index is -1.23. The number of unbranched alkanes of at least 4 members (excludes halogenated alkanes) is 1. The number of aliphatic hydroxyl groups is 2. The van der Waals surface area contributed by atoms with Gasteiger partial charge in [0.05, 0.1) is 11.6 Å². The summed E-state index contributed by atoms with van der Waals surface area (Å²) in [6.07, 6.45) is 6.77. The molecule has 5 heteroatoms. The number of hydrogen-bond acceptors (Lipinski definition) is 5. The summed E-state index contributed by atoms with van der Waals surface area (Å²) in [6, 6.07) is 0. The molecule has 2 atom stereocenters. The topological polar surface area (TPSA) is 61.7 Å². The van der Waals surface area contributed by atoms with Gasteiger partial charge in [-0.15, -0.1) is 11.8 Å². The molecule has 0 spiro atoms. The Morgan fingerprint density at radius 2 is 2.32 bits per heavy atom. The highest BCUT2D eigenvalue weighted by molar-refractivity contribution is 8.03. The molecule has 1 aliphatic heterocycles. The lowest BCUT2D eigenvalue weighted by molar-refractivity contribution is -0.0542. The van der Waals surface area contributed by atoms with Crippen LogP contribution >= 0.6 is 11.8 Å². The normalized spacial score (nSPS) is 22.4. The Hall–Kier alpha value is -0.230. The predicted octanol–water partition coefficient (Wildman–Crippen LogP) is 2.77. The van der Waals surface area contributed by atoms with Gasteiger partial charge < -0.3 is 10.2 Å². The minimum absolute atomic E-state index is 0.206. The number of allylic oxidation sites excluding steroid dienone is 1. The SMILES string of the molecule is CCCCC(C)SC1=CC(CC(O)O)CCCON1. The molecule has 0 saturated heterocycles. The van der Waals surface area contributed by atoms with Crippen LogP contribution in [-0.2, 0) is 4.84 Å². The summed E-state index contributed by atoms with van der Waals surface area (Å²) in [4.78, 5) is 5.38. The van der Waals surface area contributed by atoms with Crippen molar-refractivity contribution in [2.45, 2.75) is 63.9 Å². The molecule has 0 bridgehead atoms. The van der Waals surface area contributed by atoms with Crippen LogP contribution in [0.4, 0.5) is 0 Å². The second-order valence-corrected chi connectivity index (χ2v) is 6.65. The lowest BCUT2D eigenvalue weighted by atomic mass is 9.99. The highest BCUT2D eigenvalue weighted by atomic mass is 32.2. The fraction of sp³-hybridized carbons (Fsp3) is 0.857. The first kappa shape index (κ1) is 16.8. The number of thioether (sulfide) groups is 1. The molecule has 4 nitrogen and oxygen atoms in total. The van der Waals surface area contributed by atoms with Crippen molar-refractivity contribution in [1.82, 2.24) is 5.48 Å². The zero-order chi connectivity index (χ0) is 14.1. The van der Waals surface area contributed by atoms with Gasteiger partial charge in [-0.2, -0.15) is 0 Å². The molecule has 0 aromatic carbocycles. The third-order valence-corrected chi connectivity index (χ3v) is 4.30. The molecule has 1 rings (SSSR count). The smallest absolute Gasteiger partial charge is 0.152 e. The average molecular weight is 289 g/mol. The van der Waals surface area contributed by atoms with Gasteiger partial charge in [0.1, 0.15) is 0 Å². The summed E-state index contributed by atoms with van der Waals surface area (Å²) in [7, 11) is 0. The standard InChI is InChI=1S/C14H27NO3S/c1-3-4-6-11(2)19-13-9-12(10-14(16)17)7-5-8-18-15-13/h9,11-12,14-17H,3-8,10H2,1-2H3. The van der Waals surface area contributed by atoms with Crippen molar-refractivity contribution < 1.29 is 15.1 Å². The maximum Gasteiger partial charge on any atom is 0.152 e. The van der Waals surface area contributed by atoms with Crippen LogP contribution in [0.1, 0.15) is 52.4 Å². The third kappa shape index (κ3) is 7.82. The molecule has 112 valence electrons. The van der Waals surface area contributed by atoms with Crippen molar-refractivity contribution in [2.75, 3.05) is 6.61 Å². The van der Waals surface area contributed by atoms with Crippen molar-refractivity contribution in [2.24, 2.45) is 5.92 Å². The monoisotopic (exact) mass is 289 g/mol. The number of nitrogens with one attached hydrogen (secondary N) is 1. The van der Waals surface area contributed by atoms with Crippen molar-refractivity contribution in [3.8, 4) is 0 Å². The highest BCUT2D eigenvalue weighted by Gasteiger charge is 2.16. The maximum absolute atomic E-state index is 9.12. The predicted molar refractivity (Wildman–Crippen MR) is 79.3 cm³/mol. The summed E-state index contributed by atoms with van der Waals surface area (Å²) in [5, 5.41) is 19.8. The maximum atomic E-state index is 9.12. The summed E-state index contributed by atoms with van der Waals surface area (Å²) in [5.74, 6) is 0.206. The van der Waals surface area contributed by atoms with E-state index in [2.05, 4.69) is 25.4 Å². The van der Waals surface area contributed by atoms with E-state index in [0.29, 0.717) is 18.3 Å². The van der Waals surface area contributed by atoms with Crippen LogP contribution in [0.5, 0.6) is 0 Å². The van der Waals surface area contributed by atoms with Gasteiger partial charge in [0.25, 0.3) is 0 Å². The molecule has 19 heavy (non-hydrogen) atoms. The van der Waals surface area contributed by atoms with Gasteiger partial charge in [0, 0.05) is 11.7 Å². The van der Waals surface area contributed by atoms with Crippen molar-refractivity contribution in [3.63, 3.8) is 0 Å². The van der Waals surface area contributed by atoms with E-state index in [1.54, 1.807) is 11.8 Å². The Labute approximate surface area is 120 Å². The van der Waals surface area contributed by atoms with Gasteiger partial charge in [-0.25, -0.2) is 0 Å². The second kappa shape index (κ2) is 9.64. The van der Waals surface area contributed by atoms with Gasteiger partial charge in [-0.05, 0) is 31.3 Å². The van der Waals surface area contributed by atoms with E-state index in [9.17, 15) is 0 Å². The van der Waals surface area contributed by atoms with E-state index >= 15 is 0 Å². The summed E-state index contributed by atoms with van der Waals surface area (Å²) >= 11 is 1.78. The van der Waals surface area contributed by atoms with E-state index in [4.69, 9.17) is 15.1 Å². The van der Waals surface area contributed by atoms with Gasteiger partial charge in [0.15, 0.2) is 6.29 Å². The highest BCUT2D eigenvalue weighted by Crippen LogP contribution is 2.28. The van der Waals surface area contributed by atoms with Crippen LogP contribution in [0.15, 0.2) is 11.1 Å². The number of hydrogen-bond donors (Lipinski definition) is 3. The van der Waals surface area contributed by atoms with E-state index < -0.39 is 6.29 Å². The molecule has 0 amide bonds. The number of aliphatic hydroxyl groups excluding tert-OH is 1. The number of hydroxylamine groups is 1. The van der Waals surface area contributed by atoms with Gasteiger partial charge in [-0.1, -0.05) is 26.7 Å². The summed E-state index contributed by atoms with van der Waals surface area (Å²) in [5.41, 5.74) is 2.99. The van der Waals surface area contributed by atoms with Gasteiger partial charge in [-0.3, -0.25) is 10.3 Å². The summed E-state index contributed by atoms with van der Waals surface area (Å²) in [6.45, 7) is 5.09. The molecule has 0 aromatic heterocycles. The molecule has 0 fully saturated rings. The Balaban J connectivity index is 2.54. The molecule has 0 aliphatic carbocycles. The first-order valence-corrected chi connectivity index (χ1v) is 8.12. The largest absolute Gasteiger partial charge is 0.368 e. The van der Waals surface area contributed by atoms with Crippen LogP contribution in [0.3, 0.4) is 0 Å². The molecular formula is C14H27NO3S. The lowest BCUT2D eigenvalue weighted by Gasteiger charge is -2.22. The number of rotatable bonds is 7. The Bertz CT molecular complexity index is 271. The van der Waals surface area contributed by atoms with Crippen LogP contribution in [0, 0.1) is 5.92 Å². The van der Waals surface area contributed by atoms with Gasteiger partial charge >= 0.3 is 0 Å². The first-order valence-electron chi connectivity index (χ1n) is 7.24. The fourth-order valence-corrected chi connectivity index (χ4v) is 3.25. The lowest BCUT2D eigenvalue weighted by Crippen LogP contribution is -2.21. The van der Waals surface area contributed by atoms with E-state index in [0.717, 1.165) is 17.9 Å². The van der Waals surface area contributed by atoms with Crippen LogP contribution in [0.25, 0.3) is 0 Å². The van der Waals surface area contributed by atoms with E-state index in [-0.39, 0.29) is 5.92 Å². The quantitative estimate of drug-likeness (QED) is 0.629. The van der Waals surface area contributed by atoms with Crippen molar-refractivity contribution in [1.29, 1.82) is 0 Å². The first-order chi connectivity index (χ1) is 9.11. The molecule has 0 aromatic rings. The summed E-state index contributed by atoms with van der Waals surface area (Å²) < 4.78 is 0. The van der Waals surface area contributed by atoms with Crippen LogP contribution in [0.2, 0.25) is 0 Å². The Morgan fingerprint density at radius 1 is 1.53 bits per heavy atom. The van der Waals surface area contributed by atoms with Crippen LogP contribution < -0.4 is 5.48 Å². The molecule has 3 N–H and O–H groups in total. The zero-order valence-corrected chi connectivity index (χ0v) is 12.8. The van der Waals surface area contributed by atoms with Crippen molar-refractivity contribution >= 4 is 11.8 Å². The average Bonchev–Trinajstić information content (AvgIpc) is 2.31. The van der Waals surface area contributed by atoms with E-state index in [1.807, 2.05) is 0 Å². The van der Waals surface area contributed by atoms with Crippen molar-refractivity contribution in [3.05, 3.63) is 11.1 Å². The van der Waals surface area contributed by atoms with Crippen LogP contribution in [-0.4, -0.2) is 28.4 Å². The Kier molecular flexibility index (Phi) is 8.53. The molecule has 0 radical (unpaired) electrons. The zero-order valence-electron chi connectivity index (χ0n) is 12.0. The second-order valence-electron chi connectivity index (χ2n) is 5.17. The third-order valence-electron chi connectivity index (χ3n) is 3.19. The van der Waals surface area contributed by atoms with E-state index in [1.165, 1.54) is 19.3 Å². The molecular weight excluding hydrogens is 262 g/mol. The molecule has 0 saturated carbocycles. The molecule has 1 heterocycles. The molecule has 2 unspecified atom stereocenters.